The number of para-hydroxylation sites is 1. The molecule has 8 nitrogen and oxygen atoms in total. The fourth-order valence-electron chi connectivity index (χ4n) is 2.27. The zero-order chi connectivity index (χ0) is 17.8. The lowest BCUT2D eigenvalue weighted by Gasteiger charge is -2.11. The van der Waals surface area contributed by atoms with Crippen molar-refractivity contribution in [3.8, 4) is 0 Å². The smallest absolute Gasteiger partial charge is 0.339 e. The number of esters is 1. The molecule has 0 radical (unpaired) electrons. The van der Waals surface area contributed by atoms with Crippen LogP contribution in [-0.2, 0) is 4.74 Å². The maximum atomic E-state index is 11.9. The fourth-order valence-corrected chi connectivity index (χ4v) is 2.27. The normalized spacial score (nSPS) is 10.4. The van der Waals surface area contributed by atoms with E-state index in [1.54, 1.807) is 44.2 Å². The predicted molar refractivity (Wildman–Crippen MR) is 92.4 cm³/mol. The van der Waals surface area contributed by atoms with Gasteiger partial charge in [-0.25, -0.2) is 14.8 Å². The molecule has 3 rings (SSSR count). The summed E-state index contributed by atoms with van der Waals surface area (Å²) in [6, 6.07) is 10.5. The van der Waals surface area contributed by atoms with Gasteiger partial charge in [-0.05, 0) is 26.0 Å². The van der Waals surface area contributed by atoms with Gasteiger partial charge in [-0.15, -0.1) is 0 Å². The molecule has 128 valence electrons. The Hall–Kier alpha value is -3.42. The summed E-state index contributed by atoms with van der Waals surface area (Å²) >= 11 is 0. The van der Waals surface area contributed by atoms with Crippen LogP contribution in [0.4, 0.5) is 23.1 Å². The van der Waals surface area contributed by atoms with E-state index in [9.17, 15) is 4.79 Å². The van der Waals surface area contributed by atoms with Gasteiger partial charge in [0, 0.05) is 12.1 Å². The van der Waals surface area contributed by atoms with E-state index in [4.69, 9.17) is 9.26 Å². The average Bonchev–Trinajstić information content (AvgIpc) is 2.99. The third-order valence-electron chi connectivity index (χ3n) is 3.32. The number of nitrogens with one attached hydrogen (secondary N) is 2. The molecule has 0 atom stereocenters. The first-order valence-electron chi connectivity index (χ1n) is 7.55. The topological polar surface area (TPSA) is 102 Å². The molecule has 0 fully saturated rings. The molecule has 0 saturated heterocycles. The van der Waals surface area contributed by atoms with Gasteiger partial charge in [0.25, 0.3) is 0 Å². The number of hydrogen-bond acceptors (Lipinski definition) is 8. The third-order valence-corrected chi connectivity index (χ3v) is 3.32. The number of benzene rings is 1. The van der Waals surface area contributed by atoms with Crippen LogP contribution in [0.25, 0.3) is 0 Å². The zero-order valence-corrected chi connectivity index (χ0v) is 14.0. The number of carbonyl (C=O) groups excluding carboxylic acids is 1. The minimum absolute atomic E-state index is 0.419. The quantitative estimate of drug-likeness (QED) is 0.682. The molecule has 0 spiro atoms. The van der Waals surface area contributed by atoms with Gasteiger partial charge in [0.15, 0.2) is 5.82 Å². The summed E-state index contributed by atoms with van der Waals surface area (Å²) in [5.41, 5.74) is 1.01. The van der Waals surface area contributed by atoms with Crippen LogP contribution in [0.1, 0.15) is 21.9 Å². The maximum Gasteiger partial charge on any atom is 0.339 e. The fraction of sp³-hybridized carbons (Fsp3) is 0.176. The molecule has 2 aromatic heterocycles. The molecule has 0 bridgehead atoms. The number of aryl methyl sites for hydroxylation is 2. The SMILES string of the molecule is COC(=O)c1ccccc1Nc1cc(Nc2cc(C)on2)nc(C)n1. The Kier molecular flexibility index (Phi) is 4.60. The summed E-state index contributed by atoms with van der Waals surface area (Å²) in [4.78, 5) is 20.5. The number of anilines is 4. The molecule has 0 aliphatic carbocycles. The van der Waals surface area contributed by atoms with Gasteiger partial charge in [0.2, 0.25) is 0 Å². The van der Waals surface area contributed by atoms with Crippen molar-refractivity contribution in [1.82, 2.24) is 15.1 Å². The highest BCUT2D eigenvalue weighted by Gasteiger charge is 2.12. The second-order valence-electron chi connectivity index (χ2n) is 5.30. The second kappa shape index (κ2) is 7.00. The molecule has 25 heavy (non-hydrogen) atoms. The Morgan fingerprint density at radius 1 is 1.04 bits per heavy atom. The van der Waals surface area contributed by atoms with Crippen molar-refractivity contribution >= 4 is 29.1 Å². The number of nitrogens with zero attached hydrogens (tertiary/aromatic N) is 3. The Balaban J connectivity index is 1.87. The molecule has 0 aliphatic rings. The number of hydrogen-bond donors (Lipinski definition) is 2. The molecule has 0 aliphatic heterocycles. The van der Waals surface area contributed by atoms with E-state index >= 15 is 0 Å². The van der Waals surface area contributed by atoms with Crippen molar-refractivity contribution < 1.29 is 14.1 Å². The molecular formula is C17H17N5O3. The van der Waals surface area contributed by atoms with E-state index in [0.717, 1.165) is 0 Å². The van der Waals surface area contributed by atoms with Crippen LogP contribution in [0.2, 0.25) is 0 Å². The van der Waals surface area contributed by atoms with Gasteiger partial charge in [0.1, 0.15) is 23.2 Å². The molecule has 2 heterocycles. The average molecular weight is 339 g/mol. The van der Waals surface area contributed by atoms with E-state index in [1.165, 1.54) is 7.11 Å². The lowest BCUT2D eigenvalue weighted by Crippen LogP contribution is -2.07. The third kappa shape index (κ3) is 3.92. The molecule has 0 saturated carbocycles. The van der Waals surface area contributed by atoms with E-state index in [2.05, 4.69) is 25.8 Å². The monoisotopic (exact) mass is 339 g/mol. The second-order valence-corrected chi connectivity index (χ2v) is 5.30. The van der Waals surface area contributed by atoms with Gasteiger partial charge in [0.05, 0.1) is 18.4 Å². The number of carbonyl (C=O) groups is 1. The van der Waals surface area contributed by atoms with Crippen LogP contribution in [0.3, 0.4) is 0 Å². The summed E-state index contributed by atoms with van der Waals surface area (Å²) < 4.78 is 9.83. The minimum Gasteiger partial charge on any atom is -0.465 e. The van der Waals surface area contributed by atoms with Crippen molar-refractivity contribution in [3.05, 3.63) is 53.5 Å². The summed E-state index contributed by atoms with van der Waals surface area (Å²) in [7, 11) is 1.34. The van der Waals surface area contributed by atoms with Crippen LogP contribution < -0.4 is 10.6 Å². The molecule has 8 heteroatoms. The minimum atomic E-state index is -0.426. The summed E-state index contributed by atoms with van der Waals surface area (Å²) in [5, 5.41) is 10.1. The lowest BCUT2D eigenvalue weighted by atomic mass is 10.2. The highest BCUT2D eigenvalue weighted by atomic mass is 16.5. The summed E-state index contributed by atoms with van der Waals surface area (Å²) in [5.74, 6) is 2.47. The Labute approximate surface area is 144 Å². The maximum absolute atomic E-state index is 11.9. The summed E-state index contributed by atoms with van der Waals surface area (Å²) in [6.45, 7) is 3.58. The number of ether oxygens (including phenoxy) is 1. The van der Waals surface area contributed by atoms with Crippen molar-refractivity contribution in [2.45, 2.75) is 13.8 Å². The van der Waals surface area contributed by atoms with Crippen LogP contribution in [-0.4, -0.2) is 28.2 Å². The Bertz CT molecular complexity index is 907. The van der Waals surface area contributed by atoms with Crippen molar-refractivity contribution in [2.24, 2.45) is 0 Å². The Morgan fingerprint density at radius 2 is 1.76 bits per heavy atom. The number of methoxy groups -OCH3 is 1. The van der Waals surface area contributed by atoms with Gasteiger partial charge in [-0.3, -0.25) is 0 Å². The van der Waals surface area contributed by atoms with Crippen LogP contribution in [0.15, 0.2) is 40.9 Å². The molecule has 1 aromatic carbocycles. The molecule has 3 aromatic rings. The largest absolute Gasteiger partial charge is 0.465 e. The summed E-state index contributed by atoms with van der Waals surface area (Å²) in [6.07, 6.45) is 0. The highest BCUT2D eigenvalue weighted by Crippen LogP contribution is 2.23. The first-order valence-corrected chi connectivity index (χ1v) is 7.55. The van der Waals surface area contributed by atoms with Gasteiger partial charge in [-0.1, -0.05) is 17.3 Å². The van der Waals surface area contributed by atoms with Crippen LogP contribution in [0.5, 0.6) is 0 Å². The molecule has 0 amide bonds. The molecular weight excluding hydrogens is 322 g/mol. The molecule has 2 N–H and O–H groups in total. The number of rotatable bonds is 5. The van der Waals surface area contributed by atoms with Crippen LogP contribution >= 0.6 is 0 Å². The van der Waals surface area contributed by atoms with Gasteiger partial charge >= 0.3 is 5.97 Å². The van der Waals surface area contributed by atoms with Gasteiger partial charge < -0.3 is 19.9 Å². The van der Waals surface area contributed by atoms with E-state index < -0.39 is 5.97 Å². The first kappa shape index (κ1) is 16.4. The predicted octanol–water partition coefficient (Wildman–Crippen LogP) is 3.36. The zero-order valence-electron chi connectivity index (χ0n) is 14.0. The van der Waals surface area contributed by atoms with Gasteiger partial charge in [-0.2, -0.15) is 0 Å². The van der Waals surface area contributed by atoms with E-state index in [-0.39, 0.29) is 0 Å². The lowest BCUT2D eigenvalue weighted by molar-refractivity contribution is 0.0602. The van der Waals surface area contributed by atoms with Crippen molar-refractivity contribution in [2.75, 3.05) is 17.7 Å². The Morgan fingerprint density at radius 3 is 2.44 bits per heavy atom. The van der Waals surface area contributed by atoms with Crippen molar-refractivity contribution in [3.63, 3.8) is 0 Å². The highest BCUT2D eigenvalue weighted by molar-refractivity contribution is 5.96. The number of aromatic nitrogens is 3. The standard InChI is InChI=1S/C17H17N5O3/c1-10-8-16(22-25-10)21-15-9-14(18-11(2)19-15)20-13-7-5-4-6-12(13)17(23)24-3/h4-9H,1-3H3,(H2,18,19,20,21,22). The van der Waals surface area contributed by atoms with E-state index in [0.29, 0.717) is 40.3 Å². The van der Waals surface area contributed by atoms with Crippen LogP contribution in [0, 0.1) is 13.8 Å². The van der Waals surface area contributed by atoms with Crippen molar-refractivity contribution in [1.29, 1.82) is 0 Å². The van der Waals surface area contributed by atoms with E-state index in [1.807, 2.05) is 6.07 Å². The molecule has 0 unspecified atom stereocenters. The first-order chi connectivity index (χ1) is 12.0.